The smallest absolute Gasteiger partial charge is 0.279 e. The van der Waals surface area contributed by atoms with Gasteiger partial charge in [0.05, 0.1) is 31.5 Å². The fourth-order valence-corrected chi connectivity index (χ4v) is 3.78. The van der Waals surface area contributed by atoms with Crippen molar-refractivity contribution in [3.63, 3.8) is 0 Å². The average Bonchev–Trinajstić information content (AvgIpc) is 3.04. The second kappa shape index (κ2) is 6.85. The summed E-state index contributed by atoms with van der Waals surface area (Å²) in [5.74, 6) is -1.48. The van der Waals surface area contributed by atoms with Crippen LogP contribution in [0.25, 0.3) is 5.65 Å². The first-order valence-corrected chi connectivity index (χ1v) is 9.15. The molecule has 3 rings (SSSR count). The predicted octanol–water partition coefficient (Wildman–Crippen LogP) is 2.80. The number of benzene rings is 1. The standard InChI is InChI=1S/C17H14F2N4O3S/c1-10-4-6-23-15(9-21-17(23)16(10)26-2)27(24,25)22-14-8-12(18)11(3-5-20)7-13(14)19/h4,6-9,22H,3H2,1-2H3. The lowest BCUT2D eigenvalue weighted by atomic mass is 10.1. The van der Waals surface area contributed by atoms with E-state index in [4.69, 9.17) is 10.00 Å². The number of rotatable bonds is 5. The number of fused-ring (bicyclic) bond motifs is 1. The molecule has 0 spiro atoms. The van der Waals surface area contributed by atoms with Crippen molar-refractivity contribution in [3.05, 3.63) is 53.4 Å². The summed E-state index contributed by atoms with van der Waals surface area (Å²) in [6.07, 6.45) is 2.25. The SMILES string of the molecule is COc1c(C)ccn2c(S(=O)(=O)Nc3cc(F)c(CC#N)cc3F)cnc12. The van der Waals surface area contributed by atoms with Crippen LogP contribution in [0.1, 0.15) is 11.1 Å². The van der Waals surface area contributed by atoms with Gasteiger partial charge in [-0.25, -0.2) is 13.8 Å². The van der Waals surface area contributed by atoms with E-state index in [0.717, 1.165) is 17.8 Å². The number of nitrogens with zero attached hydrogens (tertiary/aromatic N) is 3. The molecule has 0 amide bonds. The number of hydrogen-bond acceptors (Lipinski definition) is 5. The van der Waals surface area contributed by atoms with E-state index in [1.807, 2.05) is 4.72 Å². The Labute approximate surface area is 153 Å². The number of hydrogen-bond donors (Lipinski definition) is 1. The minimum Gasteiger partial charge on any atom is -0.493 e. The van der Waals surface area contributed by atoms with E-state index in [1.54, 1.807) is 19.1 Å². The minimum absolute atomic E-state index is 0.159. The van der Waals surface area contributed by atoms with Crippen LogP contribution in [-0.4, -0.2) is 24.9 Å². The third-order valence-corrected chi connectivity index (χ3v) is 5.27. The van der Waals surface area contributed by atoms with E-state index in [-0.39, 0.29) is 22.7 Å². The lowest BCUT2D eigenvalue weighted by Gasteiger charge is -2.11. The van der Waals surface area contributed by atoms with E-state index in [9.17, 15) is 17.2 Å². The van der Waals surface area contributed by atoms with Crippen LogP contribution in [0.3, 0.4) is 0 Å². The van der Waals surface area contributed by atoms with Crippen LogP contribution < -0.4 is 9.46 Å². The lowest BCUT2D eigenvalue weighted by molar-refractivity contribution is 0.413. The zero-order valence-electron chi connectivity index (χ0n) is 14.3. The molecule has 0 aliphatic rings. The predicted molar refractivity (Wildman–Crippen MR) is 93.0 cm³/mol. The van der Waals surface area contributed by atoms with Crippen molar-refractivity contribution in [2.45, 2.75) is 18.4 Å². The number of nitriles is 1. The molecule has 7 nitrogen and oxygen atoms in total. The summed E-state index contributed by atoms with van der Waals surface area (Å²) in [7, 11) is -2.84. The number of pyridine rings is 1. The number of ether oxygens (including phenoxy) is 1. The molecule has 0 unspecified atom stereocenters. The van der Waals surface area contributed by atoms with E-state index in [1.165, 1.54) is 17.7 Å². The van der Waals surface area contributed by atoms with E-state index < -0.39 is 27.3 Å². The Hall–Kier alpha value is -3.19. The number of aromatic nitrogens is 2. The number of sulfonamides is 1. The number of imidazole rings is 1. The molecular formula is C17H14F2N4O3S. The summed E-state index contributed by atoms with van der Waals surface area (Å²) in [6, 6.07) is 4.84. The largest absolute Gasteiger partial charge is 0.493 e. The molecule has 140 valence electrons. The van der Waals surface area contributed by atoms with Crippen molar-refractivity contribution in [3.8, 4) is 11.8 Å². The van der Waals surface area contributed by atoms with Gasteiger partial charge in [0.2, 0.25) is 0 Å². The molecule has 0 aliphatic heterocycles. The zero-order chi connectivity index (χ0) is 19.8. The number of anilines is 1. The second-order valence-corrected chi connectivity index (χ2v) is 7.32. The van der Waals surface area contributed by atoms with Crippen molar-refractivity contribution < 1.29 is 21.9 Å². The van der Waals surface area contributed by atoms with E-state index in [2.05, 4.69) is 4.98 Å². The first-order chi connectivity index (χ1) is 12.8. The van der Waals surface area contributed by atoms with E-state index >= 15 is 0 Å². The molecule has 0 fully saturated rings. The number of aryl methyl sites for hydroxylation is 1. The van der Waals surface area contributed by atoms with Gasteiger partial charge in [0, 0.05) is 17.8 Å². The Morgan fingerprint density at radius 1 is 1.33 bits per heavy atom. The minimum atomic E-state index is -4.28. The van der Waals surface area contributed by atoms with Crippen LogP contribution in [-0.2, 0) is 16.4 Å². The van der Waals surface area contributed by atoms with Crippen molar-refractivity contribution in [2.75, 3.05) is 11.8 Å². The van der Waals surface area contributed by atoms with Crippen LogP contribution in [0.2, 0.25) is 0 Å². The Morgan fingerprint density at radius 2 is 2.07 bits per heavy atom. The number of halogens is 2. The Balaban J connectivity index is 2.05. The quantitative estimate of drug-likeness (QED) is 0.720. The lowest BCUT2D eigenvalue weighted by Crippen LogP contribution is -2.16. The highest BCUT2D eigenvalue weighted by atomic mass is 32.2. The van der Waals surface area contributed by atoms with Gasteiger partial charge >= 0.3 is 0 Å². The molecule has 27 heavy (non-hydrogen) atoms. The second-order valence-electron chi connectivity index (χ2n) is 5.69. The monoisotopic (exact) mass is 392 g/mol. The fourth-order valence-electron chi connectivity index (χ4n) is 2.63. The molecule has 1 aromatic carbocycles. The summed E-state index contributed by atoms with van der Waals surface area (Å²) in [6.45, 7) is 1.78. The number of nitrogens with one attached hydrogen (secondary N) is 1. The molecule has 1 N–H and O–H groups in total. The molecule has 2 heterocycles. The maximum atomic E-state index is 14.2. The highest BCUT2D eigenvalue weighted by Crippen LogP contribution is 2.27. The fraction of sp³-hybridized carbons (Fsp3) is 0.176. The van der Waals surface area contributed by atoms with Crippen LogP contribution in [0, 0.1) is 29.9 Å². The summed E-state index contributed by atoms with van der Waals surface area (Å²) in [5.41, 5.74) is 0.304. The zero-order valence-corrected chi connectivity index (χ0v) is 15.1. The topological polar surface area (TPSA) is 96.5 Å². The van der Waals surface area contributed by atoms with Gasteiger partial charge < -0.3 is 4.74 Å². The van der Waals surface area contributed by atoms with Crippen molar-refractivity contribution in [1.29, 1.82) is 5.26 Å². The highest BCUT2D eigenvalue weighted by Gasteiger charge is 2.23. The van der Waals surface area contributed by atoms with Crippen LogP contribution in [0.15, 0.2) is 35.6 Å². The van der Waals surface area contributed by atoms with Crippen LogP contribution >= 0.6 is 0 Å². The molecule has 0 atom stereocenters. The molecule has 3 aromatic rings. The summed E-state index contributed by atoms with van der Waals surface area (Å²) >= 11 is 0. The summed E-state index contributed by atoms with van der Waals surface area (Å²) < 4.78 is 62.0. The third kappa shape index (κ3) is 3.29. The van der Waals surface area contributed by atoms with Crippen LogP contribution in [0.4, 0.5) is 14.5 Å². The molecule has 10 heteroatoms. The van der Waals surface area contributed by atoms with Crippen molar-refractivity contribution in [1.82, 2.24) is 9.38 Å². The van der Waals surface area contributed by atoms with Gasteiger partial charge in [-0.2, -0.15) is 13.7 Å². The first kappa shape index (κ1) is 18.6. The van der Waals surface area contributed by atoms with Gasteiger partial charge in [-0.15, -0.1) is 0 Å². The van der Waals surface area contributed by atoms with Gasteiger partial charge in [0.1, 0.15) is 11.6 Å². The summed E-state index contributed by atoms with van der Waals surface area (Å²) in [5, 5.41) is 8.34. The molecule has 0 saturated heterocycles. The normalized spacial score (nSPS) is 11.4. The Morgan fingerprint density at radius 3 is 2.74 bits per heavy atom. The molecule has 0 bridgehead atoms. The van der Waals surface area contributed by atoms with Gasteiger partial charge in [-0.05, 0) is 24.6 Å². The molecule has 0 radical (unpaired) electrons. The highest BCUT2D eigenvalue weighted by molar-refractivity contribution is 7.92. The molecule has 0 saturated carbocycles. The maximum Gasteiger partial charge on any atom is 0.279 e. The van der Waals surface area contributed by atoms with Crippen LogP contribution in [0.5, 0.6) is 5.75 Å². The van der Waals surface area contributed by atoms with E-state index in [0.29, 0.717) is 11.8 Å². The van der Waals surface area contributed by atoms with Gasteiger partial charge in [0.15, 0.2) is 16.4 Å². The third-order valence-electron chi connectivity index (χ3n) is 3.93. The summed E-state index contributed by atoms with van der Waals surface area (Å²) in [4.78, 5) is 4.05. The maximum absolute atomic E-state index is 14.2. The average molecular weight is 392 g/mol. The van der Waals surface area contributed by atoms with Crippen molar-refractivity contribution >= 4 is 21.4 Å². The Kier molecular flexibility index (Phi) is 4.72. The molecule has 2 aromatic heterocycles. The Bertz CT molecular complexity index is 1180. The first-order valence-electron chi connectivity index (χ1n) is 7.67. The van der Waals surface area contributed by atoms with Gasteiger partial charge in [-0.3, -0.25) is 9.12 Å². The number of methoxy groups -OCH3 is 1. The van der Waals surface area contributed by atoms with Gasteiger partial charge in [0.25, 0.3) is 10.0 Å². The van der Waals surface area contributed by atoms with Gasteiger partial charge in [-0.1, -0.05) is 0 Å². The van der Waals surface area contributed by atoms with Crippen molar-refractivity contribution in [2.24, 2.45) is 0 Å². The molecule has 0 aliphatic carbocycles. The molecular weight excluding hydrogens is 378 g/mol.